The third-order valence-electron chi connectivity index (χ3n) is 3.56. The number of piperidine rings is 1. The predicted octanol–water partition coefficient (Wildman–Crippen LogP) is 1.66. The number of likely N-dealkylation sites (tertiary alicyclic amines) is 1. The fourth-order valence-corrected chi connectivity index (χ4v) is 2.68. The Morgan fingerprint density at radius 1 is 1.40 bits per heavy atom. The van der Waals surface area contributed by atoms with Crippen molar-refractivity contribution in [2.45, 2.75) is 25.3 Å². The second kappa shape index (κ2) is 6.13. The average molecular weight is 296 g/mol. The predicted molar refractivity (Wildman–Crippen MR) is 78.6 cm³/mol. The molecular weight excluding hydrogens is 278 g/mol. The van der Waals surface area contributed by atoms with Crippen LogP contribution in [0.2, 0.25) is 5.02 Å². The number of hydrogen-bond acceptors (Lipinski definition) is 3. The molecular formula is C14H18ClN3O2. The highest BCUT2D eigenvalue weighted by Crippen LogP contribution is 2.24. The summed E-state index contributed by atoms with van der Waals surface area (Å²) in [5.74, 6) is -0.349. The number of amides is 2. The first-order valence-electron chi connectivity index (χ1n) is 6.62. The first kappa shape index (κ1) is 14.7. The number of halogens is 1. The van der Waals surface area contributed by atoms with Gasteiger partial charge in [0.05, 0.1) is 5.56 Å². The fourth-order valence-electron chi connectivity index (χ4n) is 2.50. The van der Waals surface area contributed by atoms with Gasteiger partial charge in [0.2, 0.25) is 5.91 Å². The summed E-state index contributed by atoms with van der Waals surface area (Å²) in [6.07, 6.45) is 2.52. The zero-order valence-corrected chi connectivity index (χ0v) is 12.1. The van der Waals surface area contributed by atoms with Gasteiger partial charge in [-0.15, -0.1) is 0 Å². The van der Waals surface area contributed by atoms with E-state index in [2.05, 4.69) is 5.32 Å². The maximum Gasteiger partial charge on any atom is 0.256 e. The normalized spacial score (nSPS) is 18.7. The molecule has 1 unspecified atom stereocenters. The molecule has 20 heavy (non-hydrogen) atoms. The largest absolute Gasteiger partial charge is 0.398 e. The number of hydrogen-bond donors (Lipinski definition) is 2. The molecule has 0 radical (unpaired) electrons. The number of carbonyl (C=O) groups is 2. The quantitative estimate of drug-likeness (QED) is 0.815. The lowest BCUT2D eigenvalue weighted by atomic mass is 9.99. The maximum atomic E-state index is 12.6. The van der Waals surface area contributed by atoms with Gasteiger partial charge in [-0.1, -0.05) is 11.6 Å². The fraction of sp³-hybridized carbons (Fsp3) is 0.429. The first-order valence-corrected chi connectivity index (χ1v) is 7.00. The van der Waals surface area contributed by atoms with E-state index in [0.29, 0.717) is 29.2 Å². The Morgan fingerprint density at radius 3 is 2.80 bits per heavy atom. The SMILES string of the molecule is CNC(=O)C1CCCCN1C(=O)c1ccc(Cl)cc1N. The summed E-state index contributed by atoms with van der Waals surface area (Å²) < 4.78 is 0. The monoisotopic (exact) mass is 295 g/mol. The first-order chi connectivity index (χ1) is 9.54. The summed E-state index contributed by atoms with van der Waals surface area (Å²) in [5, 5.41) is 3.10. The molecule has 1 fully saturated rings. The molecule has 1 aromatic carbocycles. The summed E-state index contributed by atoms with van der Waals surface area (Å²) in [5.41, 5.74) is 6.58. The van der Waals surface area contributed by atoms with Gasteiger partial charge in [-0.25, -0.2) is 0 Å². The van der Waals surface area contributed by atoms with E-state index < -0.39 is 6.04 Å². The van der Waals surface area contributed by atoms with E-state index in [9.17, 15) is 9.59 Å². The zero-order valence-electron chi connectivity index (χ0n) is 11.4. The summed E-state index contributed by atoms with van der Waals surface area (Å²) >= 11 is 5.84. The number of benzene rings is 1. The van der Waals surface area contributed by atoms with E-state index in [0.717, 1.165) is 12.8 Å². The Labute approximate surface area is 123 Å². The van der Waals surface area contributed by atoms with E-state index >= 15 is 0 Å². The van der Waals surface area contributed by atoms with Crippen molar-refractivity contribution >= 4 is 29.1 Å². The number of anilines is 1. The molecule has 1 heterocycles. The van der Waals surface area contributed by atoms with Crippen molar-refractivity contribution in [1.82, 2.24) is 10.2 Å². The highest BCUT2D eigenvalue weighted by molar-refractivity contribution is 6.31. The van der Waals surface area contributed by atoms with E-state index in [-0.39, 0.29) is 11.8 Å². The van der Waals surface area contributed by atoms with Crippen LogP contribution >= 0.6 is 11.6 Å². The molecule has 1 aromatic rings. The van der Waals surface area contributed by atoms with Crippen molar-refractivity contribution in [2.75, 3.05) is 19.3 Å². The molecule has 2 rings (SSSR count). The minimum atomic E-state index is -0.420. The van der Waals surface area contributed by atoms with Crippen LogP contribution in [0.3, 0.4) is 0 Å². The van der Waals surface area contributed by atoms with E-state index in [1.807, 2.05) is 0 Å². The van der Waals surface area contributed by atoms with Crippen LogP contribution in [-0.4, -0.2) is 36.3 Å². The molecule has 0 spiro atoms. The van der Waals surface area contributed by atoms with Crippen molar-refractivity contribution in [3.05, 3.63) is 28.8 Å². The number of nitrogens with one attached hydrogen (secondary N) is 1. The maximum absolute atomic E-state index is 12.6. The molecule has 0 aromatic heterocycles. The van der Waals surface area contributed by atoms with Crippen LogP contribution in [0.25, 0.3) is 0 Å². The van der Waals surface area contributed by atoms with Crippen molar-refractivity contribution in [2.24, 2.45) is 0 Å². The molecule has 6 heteroatoms. The number of nitrogen functional groups attached to an aromatic ring is 1. The molecule has 1 atom stereocenters. The van der Waals surface area contributed by atoms with E-state index in [4.69, 9.17) is 17.3 Å². The lowest BCUT2D eigenvalue weighted by Gasteiger charge is -2.34. The van der Waals surface area contributed by atoms with Crippen LogP contribution in [0.4, 0.5) is 5.69 Å². The standard InChI is InChI=1S/C14H18ClN3O2/c1-17-13(19)12-4-2-3-7-18(12)14(20)10-6-5-9(15)8-11(10)16/h5-6,8,12H,2-4,7,16H2,1H3,(H,17,19). The Morgan fingerprint density at radius 2 is 2.15 bits per heavy atom. The van der Waals surface area contributed by atoms with E-state index in [1.165, 1.54) is 0 Å². The van der Waals surface area contributed by atoms with Crippen LogP contribution in [0.15, 0.2) is 18.2 Å². The number of likely N-dealkylation sites (N-methyl/N-ethyl adjacent to an activating group) is 1. The Kier molecular flexibility index (Phi) is 4.49. The molecule has 2 amide bonds. The van der Waals surface area contributed by atoms with E-state index in [1.54, 1.807) is 30.1 Å². The van der Waals surface area contributed by atoms with Gasteiger partial charge in [-0.2, -0.15) is 0 Å². The molecule has 108 valence electrons. The summed E-state index contributed by atoms with van der Waals surface area (Å²) in [6, 6.07) is 4.36. The zero-order chi connectivity index (χ0) is 14.7. The highest BCUT2D eigenvalue weighted by Gasteiger charge is 2.32. The van der Waals surface area contributed by atoms with Crippen molar-refractivity contribution in [3.8, 4) is 0 Å². The van der Waals surface area contributed by atoms with Crippen LogP contribution in [0, 0.1) is 0 Å². The second-order valence-electron chi connectivity index (χ2n) is 4.86. The van der Waals surface area contributed by atoms with Gasteiger partial charge in [0.25, 0.3) is 5.91 Å². The van der Waals surface area contributed by atoms with Gasteiger partial charge in [0.15, 0.2) is 0 Å². The molecule has 0 bridgehead atoms. The summed E-state index contributed by atoms with van der Waals surface area (Å²) in [6.45, 7) is 0.568. The minimum Gasteiger partial charge on any atom is -0.398 e. The Hall–Kier alpha value is -1.75. The lowest BCUT2D eigenvalue weighted by molar-refractivity contribution is -0.126. The van der Waals surface area contributed by atoms with Crippen LogP contribution < -0.4 is 11.1 Å². The third-order valence-corrected chi connectivity index (χ3v) is 3.79. The lowest BCUT2D eigenvalue weighted by Crippen LogP contribution is -2.51. The third kappa shape index (κ3) is 2.88. The minimum absolute atomic E-state index is 0.134. The average Bonchev–Trinajstić information content (AvgIpc) is 2.46. The van der Waals surface area contributed by atoms with Crippen molar-refractivity contribution in [3.63, 3.8) is 0 Å². The van der Waals surface area contributed by atoms with Crippen LogP contribution in [-0.2, 0) is 4.79 Å². The molecule has 0 saturated carbocycles. The van der Waals surface area contributed by atoms with Crippen LogP contribution in [0.5, 0.6) is 0 Å². The smallest absolute Gasteiger partial charge is 0.256 e. The van der Waals surface area contributed by atoms with Gasteiger partial charge in [0, 0.05) is 24.3 Å². The molecule has 1 aliphatic heterocycles. The Balaban J connectivity index is 2.27. The number of rotatable bonds is 2. The number of nitrogens with zero attached hydrogens (tertiary/aromatic N) is 1. The molecule has 0 aliphatic carbocycles. The summed E-state index contributed by atoms with van der Waals surface area (Å²) in [4.78, 5) is 26.1. The Bertz CT molecular complexity index is 533. The number of nitrogens with two attached hydrogens (primary N) is 1. The van der Waals surface area contributed by atoms with Gasteiger partial charge in [-0.3, -0.25) is 9.59 Å². The van der Waals surface area contributed by atoms with Crippen LogP contribution in [0.1, 0.15) is 29.6 Å². The summed E-state index contributed by atoms with van der Waals surface area (Å²) in [7, 11) is 1.58. The second-order valence-corrected chi connectivity index (χ2v) is 5.29. The molecule has 3 N–H and O–H groups in total. The van der Waals surface area contributed by atoms with Gasteiger partial charge in [-0.05, 0) is 37.5 Å². The molecule has 1 saturated heterocycles. The molecule has 1 aliphatic rings. The number of carbonyl (C=O) groups excluding carboxylic acids is 2. The molecule has 5 nitrogen and oxygen atoms in total. The van der Waals surface area contributed by atoms with Crippen molar-refractivity contribution < 1.29 is 9.59 Å². The van der Waals surface area contributed by atoms with Gasteiger partial charge in [0.1, 0.15) is 6.04 Å². The highest BCUT2D eigenvalue weighted by atomic mass is 35.5. The van der Waals surface area contributed by atoms with Crippen molar-refractivity contribution in [1.29, 1.82) is 0 Å². The topological polar surface area (TPSA) is 75.4 Å². The van der Waals surface area contributed by atoms with Gasteiger partial charge >= 0.3 is 0 Å². The van der Waals surface area contributed by atoms with Gasteiger partial charge < -0.3 is 16.0 Å².